The maximum atomic E-state index is 6.37. The Morgan fingerprint density at radius 1 is 1.25 bits per heavy atom. The molecule has 0 N–H and O–H groups in total. The summed E-state index contributed by atoms with van der Waals surface area (Å²) in [5.74, 6) is 0.616. The second kappa shape index (κ2) is 4.30. The molecular weight excluding hydrogens is 248 g/mol. The van der Waals surface area contributed by atoms with Gasteiger partial charge in [0.15, 0.2) is 0 Å². The van der Waals surface area contributed by atoms with E-state index in [2.05, 4.69) is 61.2 Å². The van der Waals surface area contributed by atoms with E-state index in [0.717, 1.165) is 6.54 Å². The lowest BCUT2D eigenvalue weighted by molar-refractivity contribution is -0.158. The maximum Gasteiger partial charge on any atom is 0.113 e. The summed E-state index contributed by atoms with van der Waals surface area (Å²) >= 11 is 0. The molecule has 3 fully saturated rings. The van der Waals surface area contributed by atoms with E-state index >= 15 is 0 Å². The number of likely N-dealkylation sites (N-methyl/N-ethyl adjacent to an activating group) is 1. The van der Waals surface area contributed by atoms with Crippen LogP contribution < -0.4 is 0 Å². The lowest BCUT2D eigenvalue weighted by Crippen LogP contribution is -2.39. The molecule has 2 aliphatic heterocycles. The van der Waals surface area contributed by atoms with E-state index in [1.807, 2.05) is 0 Å². The van der Waals surface area contributed by atoms with Crippen LogP contribution in [0.1, 0.15) is 38.3 Å². The number of likely N-dealkylation sites (tertiary alicyclic amines) is 1. The fourth-order valence-corrected chi connectivity index (χ4v) is 4.96. The quantitative estimate of drug-likeness (QED) is 0.841. The van der Waals surface area contributed by atoms with Gasteiger partial charge in [0.1, 0.15) is 5.60 Å². The molecule has 1 aliphatic carbocycles. The van der Waals surface area contributed by atoms with Crippen molar-refractivity contribution in [3.8, 4) is 0 Å². The van der Waals surface area contributed by atoms with Gasteiger partial charge in [-0.1, -0.05) is 44.2 Å². The van der Waals surface area contributed by atoms with Gasteiger partial charge in [0, 0.05) is 25.0 Å². The highest BCUT2D eigenvalue weighted by Crippen LogP contribution is 2.66. The Hall–Kier alpha value is -0.900. The first kappa shape index (κ1) is 12.8. The number of benzene rings is 1. The summed E-state index contributed by atoms with van der Waals surface area (Å²) in [6.45, 7) is 5.76. The lowest BCUT2D eigenvalue weighted by Gasteiger charge is -2.33. The molecule has 20 heavy (non-hydrogen) atoms. The molecule has 1 aromatic carbocycles. The second-order valence-electron chi connectivity index (χ2n) is 6.50. The van der Waals surface area contributed by atoms with Crippen LogP contribution in [0.4, 0.5) is 0 Å². The fourth-order valence-electron chi connectivity index (χ4n) is 4.96. The highest BCUT2D eigenvalue weighted by Gasteiger charge is 2.76. The van der Waals surface area contributed by atoms with Crippen molar-refractivity contribution in [2.75, 3.05) is 13.6 Å². The van der Waals surface area contributed by atoms with Crippen LogP contribution in [0.5, 0.6) is 0 Å². The Balaban J connectivity index is 1.74. The molecule has 0 radical (unpaired) electrons. The number of hydroxylamine groups is 2. The molecular formula is C17H24N2O. The number of hydrogen-bond acceptors (Lipinski definition) is 3. The van der Waals surface area contributed by atoms with E-state index < -0.39 is 0 Å². The zero-order valence-electron chi connectivity index (χ0n) is 12.6. The minimum atomic E-state index is 0.117. The Labute approximate surface area is 121 Å². The molecule has 3 nitrogen and oxygen atoms in total. The van der Waals surface area contributed by atoms with Gasteiger partial charge < -0.3 is 0 Å². The summed E-state index contributed by atoms with van der Waals surface area (Å²) in [6.07, 6.45) is 2.44. The van der Waals surface area contributed by atoms with Crippen LogP contribution in [0.15, 0.2) is 30.3 Å². The molecule has 0 bridgehead atoms. The third-order valence-corrected chi connectivity index (χ3v) is 5.69. The van der Waals surface area contributed by atoms with Gasteiger partial charge in [-0.05, 0) is 24.9 Å². The molecule has 3 heteroatoms. The van der Waals surface area contributed by atoms with Crippen molar-refractivity contribution in [3.63, 3.8) is 0 Å². The third kappa shape index (κ3) is 1.46. The minimum Gasteiger partial charge on any atom is -0.294 e. The predicted octanol–water partition coefficient (Wildman–Crippen LogP) is 2.85. The molecule has 1 saturated carbocycles. The Morgan fingerprint density at radius 3 is 2.65 bits per heavy atom. The largest absolute Gasteiger partial charge is 0.294 e. The van der Waals surface area contributed by atoms with E-state index in [4.69, 9.17) is 4.84 Å². The third-order valence-electron chi connectivity index (χ3n) is 5.69. The Bertz CT molecular complexity index is 505. The Kier molecular flexibility index (Phi) is 2.75. The monoisotopic (exact) mass is 272 g/mol. The molecule has 4 rings (SSSR count). The molecule has 1 spiro atoms. The normalized spacial score (nSPS) is 43.5. The van der Waals surface area contributed by atoms with Crippen molar-refractivity contribution in [2.45, 2.75) is 50.4 Å². The molecule has 0 amide bonds. The van der Waals surface area contributed by atoms with Gasteiger partial charge in [-0.2, -0.15) is 5.06 Å². The van der Waals surface area contributed by atoms with Crippen molar-refractivity contribution in [2.24, 2.45) is 5.92 Å². The lowest BCUT2D eigenvalue weighted by atomic mass is 9.83. The second-order valence-corrected chi connectivity index (χ2v) is 6.50. The summed E-state index contributed by atoms with van der Waals surface area (Å²) in [7, 11) is 2.11. The van der Waals surface area contributed by atoms with Gasteiger partial charge >= 0.3 is 0 Å². The topological polar surface area (TPSA) is 15.7 Å². The van der Waals surface area contributed by atoms with Crippen molar-refractivity contribution in [1.29, 1.82) is 0 Å². The van der Waals surface area contributed by atoms with E-state index in [1.165, 1.54) is 18.4 Å². The summed E-state index contributed by atoms with van der Waals surface area (Å²) in [4.78, 5) is 9.06. The molecule has 5 atom stereocenters. The van der Waals surface area contributed by atoms with Gasteiger partial charge in [-0.15, -0.1) is 0 Å². The highest BCUT2D eigenvalue weighted by atomic mass is 16.7. The fraction of sp³-hybridized carbons (Fsp3) is 0.647. The first-order chi connectivity index (χ1) is 9.73. The zero-order chi connectivity index (χ0) is 13.9. The average molecular weight is 272 g/mol. The van der Waals surface area contributed by atoms with E-state index in [1.54, 1.807) is 0 Å². The van der Waals surface area contributed by atoms with E-state index in [9.17, 15) is 0 Å². The summed E-state index contributed by atoms with van der Waals surface area (Å²) < 4.78 is 0. The molecule has 3 aliphatic rings. The number of rotatable bonds is 3. The number of hydrogen-bond donors (Lipinski definition) is 0. The smallest absolute Gasteiger partial charge is 0.113 e. The van der Waals surface area contributed by atoms with Crippen LogP contribution in [-0.4, -0.2) is 41.2 Å². The van der Waals surface area contributed by atoms with Crippen LogP contribution in [0.25, 0.3) is 0 Å². The SMILES string of the molecule is CCC1C2C(c3ccccc3)N(C)OC23CC3N1CC. The van der Waals surface area contributed by atoms with Gasteiger partial charge in [0.25, 0.3) is 0 Å². The molecule has 0 aromatic heterocycles. The number of piperidine rings is 1. The van der Waals surface area contributed by atoms with E-state index in [-0.39, 0.29) is 5.60 Å². The molecule has 1 aromatic rings. The van der Waals surface area contributed by atoms with Crippen LogP contribution in [0.2, 0.25) is 0 Å². The summed E-state index contributed by atoms with van der Waals surface area (Å²) in [5.41, 5.74) is 1.52. The van der Waals surface area contributed by atoms with Gasteiger partial charge in [-0.25, -0.2) is 0 Å². The predicted molar refractivity (Wildman–Crippen MR) is 79.1 cm³/mol. The van der Waals surface area contributed by atoms with Crippen molar-refractivity contribution < 1.29 is 4.84 Å². The zero-order valence-corrected chi connectivity index (χ0v) is 12.6. The van der Waals surface area contributed by atoms with Crippen LogP contribution in [-0.2, 0) is 4.84 Å². The van der Waals surface area contributed by atoms with Crippen LogP contribution >= 0.6 is 0 Å². The Morgan fingerprint density at radius 2 is 2.00 bits per heavy atom. The van der Waals surface area contributed by atoms with Crippen molar-refractivity contribution >= 4 is 0 Å². The average Bonchev–Trinajstić information content (AvgIpc) is 2.99. The van der Waals surface area contributed by atoms with Crippen LogP contribution in [0, 0.1) is 5.92 Å². The summed E-state index contributed by atoms with van der Waals surface area (Å²) in [5, 5.41) is 2.13. The molecule has 2 heterocycles. The van der Waals surface area contributed by atoms with Crippen LogP contribution in [0.3, 0.4) is 0 Å². The minimum absolute atomic E-state index is 0.117. The highest BCUT2D eigenvalue weighted by molar-refractivity contribution is 5.32. The standard InChI is InChI=1S/C17H24N2O/c1-4-13-15-16(12-9-7-6-8-10-12)18(3)20-17(15)11-14(17)19(13)5-2/h6-10,13-16H,4-5,11H2,1-3H3. The van der Waals surface area contributed by atoms with Gasteiger partial charge in [0.2, 0.25) is 0 Å². The molecule has 5 unspecified atom stereocenters. The van der Waals surface area contributed by atoms with Crippen molar-refractivity contribution in [3.05, 3.63) is 35.9 Å². The molecule has 2 saturated heterocycles. The van der Waals surface area contributed by atoms with Gasteiger partial charge in [-0.3, -0.25) is 9.74 Å². The first-order valence-corrected chi connectivity index (χ1v) is 7.95. The van der Waals surface area contributed by atoms with Crippen molar-refractivity contribution in [1.82, 2.24) is 9.96 Å². The first-order valence-electron chi connectivity index (χ1n) is 7.95. The van der Waals surface area contributed by atoms with E-state index in [0.29, 0.717) is 24.0 Å². The molecule has 108 valence electrons. The number of nitrogens with zero attached hydrogens (tertiary/aromatic N) is 2. The van der Waals surface area contributed by atoms with Gasteiger partial charge in [0.05, 0.1) is 6.04 Å². The summed E-state index contributed by atoms with van der Waals surface area (Å²) in [6, 6.07) is 12.6. The maximum absolute atomic E-state index is 6.37.